The van der Waals surface area contributed by atoms with E-state index in [-0.39, 0.29) is 17.3 Å². The van der Waals surface area contributed by atoms with Crippen molar-refractivity contribution in [1.29, 1.82) is 0 Å². The first-order chi connectivity index (χ1) is 13.6. The number of thiophene rings is 1. The molecule has 1 amide bonds. The van der Waals surface area contributed by atoms with Gasteiger partial charge in [-0.05, 0) is 72.7 Å². The Hall–Kier alpha value is -2.47. The maximum atomic E-state index is 13.3. The predicted octanol–water partition coefficient (Wildman–Crippen LogP) is 4.14. The average molecular weight is 399 g/mol. The number of halogens is 1. The monoisotopic (exact) mass is 398 g/mol. The summed E-state index contributed by atoms with van der Waals surface area (Å²) in [7, 11) is 0. The number of rotatable bonds is 5. The first-order valence-corrected chi connectivity index (χ1v) is 10.6. The largest absolute Gasteiger partial charge is 0.343 e. The lowest BCUT2D eigenvalue weighted by Crippen LogP contribution is -2.39. The Morgan fingerprint density at radius 3 is 2.79 bits per heavy atom. The lowest BCUT2D eigenvalue weighted by molar-refractivity contribution is -0.132. The number of hydrogen-bond acceptors (Lipinski definition) is 3. The molecule has 0 radical (unpaired) electrons. The fourth-order valence-corrected chi connectivity index (χ4v) is 4.72. The van der Waals surface area contributed by atoms with Crippen LogP contribution in [0.25, 0.3) is 10.9 Å². The van der Waals surface area contributed by atoms with Gasteiger partial charge in [-0.3, -0.25) is 9.59 Å². The van der Waals surface area contributed by atoms with Gasteiger partial charge in [0.25, 0.3) is 5.56 Å². The molecule has 0 saturated carbocycles. The molecule has 4 rings (SSSR count). The molecule has 2 aromatic heterocycles. The smallest absolute Gasteiger partial charge is 0.251 e. The van der Waals surface area contributed by atoms with Crippen LogP contribution in [0.1, 0.15) is 29.7 Å². The third-order valence-electron chi connectivity index (χ3n) is 5.53. The Morgan fingerprint density at radius 2 is 2.04 bits per heavy atom. The number of piperidine rings is 1. The molecule has 6 heteroatoms. The molecule has 28 heavy (non-hydrogen) atoms. The van der Waals surface area contributed by atoms with Crippen LogP contribution in [0.4, 0.5) is 4.39 Å². The molecule has 0 unspecified atom stereocenters. The average Bonchev–Trinajstić information content (AvgIpc) is 3.20. The van der Waals surface area contributed by atoms with Crippen LogP contribution in [-0.2, 0) is 17.6 Å². The Labute approximate surface area is 167 Å². The summed E-state index contributed by atoms with van der Waals surface area (Å²) in [6.07, 6.45) is 3.90. The van der Waals surface area contributed by atoms with Gasteiger partial charge < -0.3 is 9.88 Å². The number of benzene rings is 1. The summed E-state index contributed by atoms with van der Waals surface area (Å²) < 4.78 is 13.3. The number of aromatic nitrogens is 1. The molecule has 1 aromatic carbocycles. The van der Waals surface area contributed by atoms with Crippen molar-refractivity contribution in [3.05, 3.63) is 68.4 Å². The quantitative estimate of drug-likeness (QED) is 0.702. The van der Waals surface area contributed by atoms with Crippen LogP contribution in [0.3, 0.4) is 0 Å². The van der Waals surface area contributed by atoms with Gasteiger partial charge in [-0.2, -0.15) is 0 Å². The number of aryl methyl sites for hydroxylation is 1. The second-order valence-corrected chi connectivity index (χ2v) is 8.50. The van der Waals surface area contributed by atoms with E-state index in [1.807, 2.05) is 4.90 Å². The van der Waals surface area contributed by atoms with Gasteiger partial charge >= 0.3 is 0 Å². The second-order valence-electron chi connectivity index (χ2n) is 7.46. The van der Waals surface area contributed by atoms with Gasteiger partial charge in [0, 0.05) is 30.0 Å². The number of fused-ring (bicyclic) bond motifs is 1. The molecule has 3 heterocycles. The maximum Gasteiger partial charge on any atom is 0.251 e. The van der Waals surface area contributed by atoms with Crippen molar-refractivity contribution in [1.82, 2.24) is 9.88 Å². The molecule has 0 spiro atoms. The Morgan fingerprint density at radius 1 is 1.21 bits per heavy atom. The van der Waals surface area contributed by atoms with E-state index < -0.39 is 0 Å². The molecule has 146 valence electrons. The van der Waals surface area contributed by atoms with Crippen molar-refractivity contribution >= 4 is 28.1 Å². The number of aromatic amines is 1. The summed E-state index contributed by atoms with van der Waals surface area (Å²) in [6, 6.07) is 10.3. The standard InChI is InChI=1S/C22H23FN2O2S/c23-18-5-3-16-13-17(22(27)24-20(16)14-18)4-6-21(26)25-9-7-15(8-10-25)12-19-2-1-11-28-19/h1-3,5,11,13-15H,4,6-10,12H2,(H,24,27). The fraction of sp³-hybridized carbons (Fsp3) is 0.364. The number of amides is 1. The summed E-state index contributed by atoms with van der Waals surface area (Å²) in [4.78, 5) is 30.9. The predicted molar refractivity (Wildman–Crippen MR) is 110 cm³/mol. The van der Waals surface area contributed by atoms with Crippen molar-refractivity contribution in [3.8, 4) is 0 Å². The van der Waals surface area contributed by atoms with Gasteiger partial charge in [-0.15, -0.1) is 11.3 Å². The van der Waals surface area contributed by atoms with Crippen molar-refractivity contribution in [2.45, 2.75) is 32.1 Å². The van der Waals surface area contributed by atoms with E-state index in [2.05, 4.69) is 22.5 Å². The van der Waals surface area contributed by atoms with Crippen molar-refractivity contribution in [2.75, 3.05) is 13.1 Å². The van der Waals surface area contributed by atoms with Crippen LogP contribution in [-0.4, -0.2) is 28.9 Å². The van der Waals surface area contributed by atoms with Gasteiger partial charge in [0.15, 0.2) is 0 Å². The Bertz CT molecular complexity index is 1020. The van der Waals surface area contributed by atoms with Gasteiger partial charge in [-0.1, -0.05) is 6.07 Å². The summed E-state index contributed by atoms with van der Waals surface area (Å²) in [5.41, 5.74) is 0.800. The molecular weight excluding hydrogens is 375 g/mol. The normalized spacial score (nSPS) is 15.2. The summed E-state index contributed by atoms with van der Waals surface area (Å²) in [5, 5.41) is 2.89. The van der Waals surface area contributed by atoms with E-state index in [4.69, 9.17) is 0 Å². The molecule has 0 aliphatic carbocycles. The number of H-pyrrole nitrogens is 1. The molecule has 0 bridgehead atoms. The second kappa shape index (κ2) is 8.27. The first-order valence-electron chi connectivity index (χ1n) is 9.70. The molecule has 1 N–H and O–H groups in total. The molecule has 1 aliphatic rings. The lowest BCUT2D eigenvalue weighted by atomic mass is 9.92. The number of pyridine rings is 1. The molecule has 3 aromatic rings. The number of likely N-dealkylation sites (tertiary alicyclic amines) is 1. The highest BCUT2D eigenvalue weighted by Gasteiger charge is 2.23. The molecule has 4 nitrogen and oxygen atoms in total. The molecule has 1 fully saturated rings. The van der Waals surface area contributed by atoms with E-state index >= 15 is 0 Å². The molecule has 0 atom stereocenters. The van der Waals surface area contributed by atoms with E-state index in [9.17, 15) is 14.0 Å². The minimum atomic E-state index is -0.381. The van der Waals surface area contributed by atoms with E-state index in [1.165, 1.54) is 17.0 Å². The van der Waals surface area contributed by atoms with Crippen LogP contribution < -0.4 is 5.56 Å². The zero-order valence-electron chi connectivity index (χ0n) is 15.6. The van der Waals surface area contributed by atoms with Gasteiger partial charge in [0.2, 0.25) is 5.91 Å². The number of carbonyl (C=O) groups is 1. The summed E-state index contributed by atoms with van der Waals surface area (Å²) >= 11 is 1.80. The highest BCUT2D eigenvalue weighted by molar-refractivity contribution is 7.09. The van der Waals surface area contributed by atoms with Crippen molar-refractivity contribution < 1.29 is 9.18 Å². The minimum Gasteiger partial charge on any atom is -0.343 e. The molecule has 1 saturated heterocycles. The van der Waals surface area contributed by atoms with Crippen molar-refractivity contribution in [3.63, 3.8) is 0 Å². The number of hydrogen-bond donors (Lipinski definition) is 1. The zero-order valence-corrected chi connectivity index (χ0v) is 16.4. The van der Waals surface area contributed by atoms with E-state index in [0.29, 0.717) is 29.8 Å². The number of nitrogens with zero attached hydrogens (tertiary/aromatic N) is 1. The minimum absolute atomic E-state index is 0.105. The first kappa shape index (κ1) is 18.9. The number of nitrogens with one attached hydrogen (secondary N) is 1. The maximum absolute atomic E-state index is 13.3. The highest BCUT2D eigenvalue weighted by Crippen LogP contribution is 2.24. The summed E-state index contributed by atoms with van der Waals surface area (Å²) in [6.45, 7) is 1.59. The van der Waals surface area contributed by atoms with Crippen LogP contribution in [0, 0.1) is 11.7 Å². The van der Waals surface area contributed by atoms with Crippen LogP contribution >= 0.6 is 11.3 Å². The Balaban J connectivity index is 1.32. The van der Waals surface area contributed by atoms with Crippen LogP contribution in [0.2, 0.25) is 0 Å². The zero-order chi connectivity index (χ0) is 19.5. The van der Waals surface area contributed by atoms with E-state index in [0.717, 1.165) is 37.7 Å². The third kappa shape index (κ3) is 4.33. The van der Waals surface area contributed by atoms with Gasteiger partial charge in [-0.25, -0.2) is 4.39 Å². The highest BCUT2D eigenvalue weighted by atomic mass is 32.1. The van der Waals surface area contributed by atoms with E-state index in [1.54, 1.807) is 23.5 Å². The van der Waals surface area contributed by atoms with Gasteiger partial charge in [0.05, 0.1) is 5.52 Å². The fourth-order valence-electron chi connectivity index (χ4n) is 3.90. The SMILES string of the molecule is O=C(CCc1cc2ccc(F)cc2[nH]c1=O)N1CCC(Cc2cccs2)CC1. The summed E-state index contributed by atoms with van der Waals surface area (Å²) in [5.74, 6) is 0.369. The number of carbonyl (C=O) groups excluding carboxylic acids is 1. The topological polar surface area (TPSA) is 53.2 Å². The molecular formula is C22H23FN2O2S. The van der Waals surface area contributed by atoms with Gasteiger partial charge in [0.1, 0.15) is 5.82 Å². The third-order valence-corrected chi connectivity index (χ3v) is 6.43. The lowest BCUT2D eigenvalue weighted by Gasteiger charge is -2.32. The van der Waals surface area contributed by atoms with Crippen LogP contribution in [0.15, 0.2) is 46.6 Å². The molecule has 1 aliphatic heterocycles. The van der Waals surface area contributed by atoms with Crippen LogP contribution in [0.5, 0.6) is 0 Å². The van der Waals surface area contributed by atoms with Crippen molar-refractivity contribution in [2.24, 2.45) is 5.92 Å². The Kier molecular flexibility index (Phi) is 5.57.